The Morgan fingerprint density at radius 3 is 2.03 bits per heavy atom. The van der Waals surface area contributed by atoms with Crippen LogP contribution in [0.15, 0.2) is 140 Å². The van der Waals surface area contributed by atoms with Gasteiger partial charge in [0.15, 0.2) is 11.5 Å². The summed E-state index contributed by atoms with van der Waals surface area (Å²) in [7, 11) is 6.16. The predicted octanol–water partition coefficient (Wildman–Crippen LogP) is 7.89. The van der Waals surface area contributed by atoms with Crippen LogP contribution in [0.1, 0.15) is 137 Å². The number of carbonyl (C=O) groups excluding carboxylic acids is 11. The summed E-state index contributed by atoms with van der Waals surface area (Å²) in [5.74, 6) is -6.02. The maximum Gasteiger partial charge on any atom is 0.330 e. The van der Waals surface area contributed by atoms with E-state index in [0.717, 1.165) is 16.7 Å². The lowest BCUT2D eigenvalue weighted by molar-refractivity contribution is -0.165. The van der Waals surface area contributed by atoms with Crippen LogP contribution in [0.4, 0.5) is 5.69 Å². The van der Waals surface area contributed by atoms with Crippen molar-refractivity contribution >= 4 is 70.7 Å². The number of anilines is 1. The van der Waals surface area contributed by atoms with Crippen molar-refractivity contribution in [3.63, 3.8) is 0 Å². The molecule has 0 saturated carbocycles. The molecule has 0 aliphatic carbocycles. The average Bonchev–Trinajstić information content (AvgIpc) is 1.38. The SMILES string of the molecule is COc1ccc(CC[C@H]2OC(=O)[C@@H]3CCCCN3C(=O)C(=O)C(C)(C)COC(=O)/C=C/CCN(C)C(=O)[C@H](CC(C)C)N(C)C(=O)[C@H]3CCCN3C(=O)[C@H](Cc3ccc(CNC(=O)Cc4ccccc4)cc3)NC(=O)[C@H](c3ccccc3)NC(=O)CCC(=O)Nc3cccc2c3)cc1OC. The molecule has 8 rings (SSSR count). The largest absolute Gasteiger partial charge is 0.493 e. The Morgan fingerprint density at radius 1 is 0.660 bits per heavy atom. The number of esters is 2. The van der Waals surface area contributed by atoms with E-state index in [4.69, 9.17) is 18.9 Å². The van der Waals surface area contributed by atoms with E-state index < -0.39 is 101 Å². The van der Waals surface area contributed by atoms with Gasteiger partial charge in [0, 0.05) is 71.3 Å². The summed E-state index contributed by atoms with van der Waals surface area (Å²) < 4.78 is 22.9. The number of cyclic esters (lactones) is 2. The number of benzene rings is 5. The number of amides is 8. The molecule has 6 atom stereocenters. The molecule has 0 aromatic heterocycles. The van der Waals surface area contributed by atoms with Crippen LogP contribution in [0.25, 0.3) is 0 Å². The summed E-state index contributed by atoms with van der Waals surface area (Å²) >= 11 is 0. The maximum absolute atomic E-state index is 15.3. The maximum atomic E-state index is 15.3. The zero-order chi connectivity index (χ0) is 72.0. The van der Waals surface area contributed by atoms with Crippen molar-refractivity contribution in [1.82, 2.24) is 35.6 Å². The van der Waals surface area contributed by atoms with Crippen molar-refractivity contribution in [1.29, 1.82) is 0 Å². The topological polar surface area (TPSA) is 286 Å². The second-order valence-electron chi connectivity index (χ2n) is 26.8. The number of methoxy groups -OCH3 is 2. The Labute approximate surface area is 585 Å². The quantitative estimate of drug-likeness (QED) is 0.0607. The minimum atomic E-state index is -1.52. The van der Waals surface area contributed by atoms with Crippen molar-refractivity contribution in [3.8, 4) is 11.5 Å². The van der Waals surface area contributed by atoms with Gasteiger partial charge in [-0.25, -0.2) is 9.59 Å². The molecule has 8 amide bonds. The molecule has 5 aromatic carbocycles. The zero-order valence-electron chi connectivity index (χ0n) is 58.5. The smallest absolute Gasteiger partial charge is 0.330 e. The van der Waals surface area contributed by atoms with Crippen molar-refractivity contribution in [2.45, 2.75) is 154 Å². The molecular weight excluding hydrogens is 1280 g/mol. The van der Waals surface area contributed by atoms with Gasteiger partial charge in [-0.05, 0) is 135 Å². The lowest BCUT2D eigenvalue weighted by Crippen LogP contribution is -2.58. The van der Waals surface area contributed by atoms with Crippen LogP contribution in [0.5, 0.6) is 11.5 Å². The first kappa shape index (κ1) is 75.6. The van der Waals surface area contributed by atoms with E-state index >= 15 is 9.59 Å². The monoisotopic (exact) mass is 1370 g/mol. The first-order valence-corrected chi connectivity index (χ1v) is 34.3. The number of fused-ring (bicyclic) bond motifs is 4. The fourth-order valence-corrected chi connectivity index (χ4v) is 12.6. The summed E-state index contributed by atoms with van der Waals surface area (Å²) in [6.07, 6.45) is 4.13. The fraction of sp³-hybridized carbons (Fsp3) is 0.442. The molecule has 5 aromatic rings. The first-order chi connectivity index (χ1) is 47.9. The van der Waals surface area contributed by atoms with Crippen LogP contribution in [0.2, 0.25) is 0 Å². The molecule has 3 aliphatic rings. The van der Waals surface area contributed by atoms with Crippen molar-refractivity contribution < 1.29 is 71.7 Å². The van der Waals surface area contributed by atoms with E-state index in [2.05, 4.69) is 21.3 Å². The normalized spacial score (nSPS) is 22.0. The Balaban J connectivity index is 1.09. The third-order valence-corrected chi connectivity index (χ3v) is 18.3. The highest BCUT2D eigenvalue weighted by atomic mass is 16.5. The molecule has 100 heavy (non-hydrogen) atoms. The van der Waals surface area contributed by atoms with E-state index in [0.29, 0.717) is 59.6 Å². The van der Waals surface area contributed by atoms with Crippen molar-refractivity contribution in [2.24, 2.45) is 11.3 Å². The second kappa shape index (κ2) is 36.1. The second-order valence-corrected chi connectivity index (χ2v) is 26.8. The van der Waals surface area contributed by atoms with E-state index in [1.165, 1.54) is 66.9 Å². The Morgan fingerprint density at radius 2 is 1.32 bits per heavy atom. The molecule has 3 aliphatic heterocycles. The van der Waals surface area contributed by atoms with Crippen LogP contribution in [-0.2, 0) is 88.0 Å². The highest BCUT2D eigenvalue weighted by Crippen LogP contribution is 2.33. The third-order valence-electron chi connectivity index (χ3n) is 18.3. The van der Waals surface area contributed by atoms with Crippen LogP contribution in [0.3, 0.4) is 0 Å². The van der Waals surface area contributed by atoms with Gasteiger partial charge in [0.05, 0.1) is 26.1 Å². The van der Waals surface area contributed by atoms with Gasteiger partial charge in [-0.15, -0.1) is 0 Å². The summed E-state index contributed by atoms with van der Waals surface area (Å²) in [6, 6.07) is 31.2. The molecule has 2 saturated heterocycles. The number of nitrogens with zero attached hydrogens (tertiary/aromatic N) is 4. The van der Waals surface area contributed by atoms with Crippen LogP contribution in [0, 0.1) is 11.3 Å². The van der Waals surface area contributed by atoms with Gasteiger partial charge >= 0.3 is 11.9 Å². The number of likely N-dealkylation sites (N-methyl/N-ethyl adjacent to an activating group) is 2. The van der Waals surface area contributed by atoms with E-state index in [-0.39, 0.29) is 102 Å². The van der Waals surface area contributed by atoms with E-state index in [1.54, 1.807) is 85.9 Å². The highest BCUT2D eigenvalue weighted by Gasteiger charge is 2.44. The summed E-state index contributed by atoms with van der Waals surface area (Å²) in [5.41, 5.74) is 2.72. The number of hydrogen-bond acceptors (Lipinski definition) is 15. The van der Waals surface area contributed by atoms with Crippen molar-refractivity contribution in [3.05, 3.63) is 173 Å². The van der Waals surface area contributed by atoms with Crippen molar-refractivity contribution in [2.75, 3.05) is 59.9 Å². The van der Waals surface area contributed by atoms with Crippen LogP contribution in [-0.4, -0.2) is 163 Å². The van der Waals surface area contributed by atoms with Gasteiger partial charge < -0.3 is 59.8 Å². The number of carbonyl (C=O) groups is 11. The minimum absolute atomic E-state index is 0.0560. The van der Waals surface area contributed by atoms with Gasteiger partial charge in [0.1, 0.15) is 42.9 Å². The Bertz CT molecular complexity index is 3750. The number of ketones is 1. The number of Topliss-reactive ketones (excluding diaryl/α,β-unsaturated/α-hetero) is 1. The highest BCUT2D eigenvalue weighted by molar-refractivity contribution is 6.38. The molecule has 0 spiro atoms. The van der Waals surface area contributed by atoms with Gasteiger partial charge in [0.25, 0.3) is 5.91 Å². The molecular formula is C77H94N8O15. The molecule has 23 heteroatoms. The number of aryl methyl sites for hydroxylation is 1. The average molecular weight is 1370 g/mol. The molecule has 532 valence electrons. The summed E-state index contributed by atoms with van der Waals surface area (Å²) in [6.45, 7) is 6.91. The number of hydrogen-bond donors (Lipinski definition) is 4. The molecule has 2 bridgehead atoms. The molecule has 3 heterocycles. The lowest BCUT2D eigenvalue weighted by Gasteiger charge is -2.36. The zero-order valence-corrected chi connectivity index (χ0v) is 58.5. The van der Waals surface area contributed by atoms with E-state index in [9.17, 15) is 43.2 Å². The molecule has 2 fully saturated rings. The fourth-order valence-electron chi connectivity index (χ4n) is 12.6. The number of nitrogens with one attached hydrogen (secondary N) is 4. The standard InChI is InChI=1S/C77H94N8O15/c1-50(2)43-61-73(93)82(5)40-17-16-29-68(89)99-49-77(3,4)70(90)75(95)85-41-18-15-27-60(85)76(96)100-62(36-34-53-35-37-63(97-7)64(45-53)98-8)56-25-19-26-57(47-56)79-65(86)38-39-66(87)81-69(55-23-13-10-14-24-55)71(91)80-58(72(92)84-42-20-28-59(84)74(94)83(61)6)44-52-30-32-54(33-31-52)48-78-67(88)46-51-21-11-9-12-22-51/h9-14,16,19,21-26,29-33,35,37,45,47,50,58-62,69H,15,17-18,20,27-28,34,36,38-44,46,48-49H2,1-8H3,(H,78,88)(H,79,86)(H,80,91)(H,81,87)/b29-16+/t58-,59+,60-,61-,62+,69-/m0/s1. The Kier molecular flexibility index (Phi) is 27.3. The van der Waals surface area contributed by atoms with Crippen LogP contribution < -0.4 is 30.7 Å². The molecule has 0 unspecified atom stereocenters. The van der Waals surface area contributed by atoms with Gasteiger partial charge in [-0.1, -0.05) is 123 Å². The molecule has 0 radical (unpaired) electrons. The number of piperidine rings is 1. The lowest BCUT2D eigenvalue weighted by atomic mass is 9.87. The minimum Gasteiger partial charge on any atom is -0.493 e. The molecule has 23 nitrogen and oxygen atoms in total. The van der Waals surface area contributed by atoms with E-state index in [1.807, 2.05) is 62.4 Å². The number of ether oxygens (including phenoxy) is 4. The third kappa shape index (κ3) is 20.9. The summed E-state index contributed by atoms with van der Waals surface area (Å²) in [5, 5.41) is 11.5. The predicted molar refractivity (Wildman–Crippen MR) is 374 cm³/mol. The Hall–Kier alpha value is -10.2. The van der Waals surface area contributed by atoms with Crippen LogP contribution >= 0.6 is 0 Å². The van der Waals surface area contributed by atoms with Gasteiger partial charge in [-0.3, -0.25) is 43.2 Å². The first-order valence-electron chi connectivity index (χ1n) is 34.3. The molecule has 4 N–H and O–H groups in total. The number of rotatable bonds is 14. The van der Waals surface area contributed by atoms with Gasteiger partial charge in [0.2, 0.25) is 47.1 Å². The van der Waals surface area contributed by atoms with Gasteiger partial charge in [-0.2, -0.15) is 0 Å². The summed E-state index contributed by atoms with van der Waals surface area (Å²) in [4.78, 5) is 162.